The Morgan fingerprint density at radius 3 is 2.77 bits per heavy atom. The maximum atomic E-state index is 4.71. The van der Waals surface area contributed by atoms with Gasteiger partial charge in [0.2, 0.25) is 0 Å². The molecule has 2 rings (SSSR count). The molecule has 2 aromatic rings. The van der Waals surface area contributed by atoms with Gasteiger partial charge in [0.15, 0.2) is 5.96 Å². The number of unbranched alkanes of at least 4 members (excludes halogenated alkanes) is 1. The van der Waals surface area contributed by atoms with Crippen LogP contribution in [0.4, 0.5) is 0 Å². The first kappa shape index (κ1) is 19.9. The molecule has 0 radical (unpaired) electrons. The molecular weight excluding hydrogens is 324 g/mol. The molecule has 26 heavy (non-hydrogen) atoms. The second-order valence-electron chi connectivity index (χ2n) is 6.92. The first-order valence-corrected chi connectivity index (χ1v) is 9.59. The Kier molecular flexibility index (Phi) is 8.66. The summed E-state index contributed by atoms with van der Waals surface area (Å²) in [6, 6.07) is 8.47. The number of aliphatic imine (C=N–C) groups is 1. The second kappa shape index (κ2) is 11.3. The van der Waals surface area contributed by atoms with Crippen LogP contribution in [0, 0.1) is 5.92 Å². The molecule has 0 bridgehead atoms. The topological polar surface area (TPSA) is 67.1 Å². The van der Waals surface area contributed by atoms with Crippen molar-refractivity contribution in [2.75, 3.05) is 13.1 Å². The molecule has 1 heterocycles. The monoisotopic (exact) mass is 356 g/mol. The summed E-state index contributed by atoms with van der Waals surface area (Å²) in [6.07, 6.45) is 7.01. The number of hydrogen-bond acceptors (Lipinski definition) is 3. The average Bonchev–Trinajstić information content (AvgIpc) is 3.12. The summed E-state index contributed by atoms with van der Waals surface area (Å²) in [6.45, 7) is 9.86. The fraction of sp³-hybridized carbons (Fsp3) is 0.550. The number of nitrogens with zero attached hydrogens (tertiary/aromatic N) is 4. The summed E-state index contributed by atoms with van der Waals surface area (Å²) in [7, 11) is 0. The molecule has 2 N–H and O–H groups in total. The third kappa shape index (κ3) is 7.68. The molecule has 0 unspecified atom stereocenters. The highest BCUT2D eigenvalue weighted by Crippen LogP contribution is 2.08. The van der Waals surface area contributed by atoms with Crippen molar-refractivity contribution >= 4 is 5.96 Å². The second-order valence-corrected chi connectivity index (χ2v) is 6.92. The smallest absolute Gasteiger partial charge is 0.191 e. The molecule has 0 fully saturated rings. The third-order valence-corrected chi connectivity index (χ3v) is 4.07. The van der Waals surface area contributed by atoms with Crippen LogP contribution in [0.5, 0.6) is 0 Å². The van der Waals surface area contributed by atoms with Gasteiger partial charge in [-0.05, 0) is 30.4 Å². The third-order valence-electron chi connectivity index (χ3n) is 4.07. The Hall–Kier alpha value is -2.37. The fourth-order valence-electron chi connectivity index (χ4n) is 2.72. The zero-order valence-electron chi connectivity index (χ0n) is 16.3. The molecule has 0 atom stereocenters. The minimum absolute atomic E-state index is 0.659. The quantitative estimate of drug-likeness (QED) is 0.390. The van der Waals surface area contributed by atoms with E-state index in [1.54, 1.807) is 12.7 Å². The van der Waals surface area contributed by atoms with E-state index in [9.17, 15) is 0 Å². The van der Waals surface area contributed by atoms with Gasteiger partial charge in [0.05, 0.1) is 13.1 Å². The Balaban J connectivity index is 1.85. The van der Waals surface area contributed by atoms with E-state index in [1.165, 1.54) is 30.4 Å². The summed E-state index contributed by atoms with van der Waals surface area (Å²) < 4.78 is 1.82. The molecule has 0 spiro atoms. The summed E-state index contributed by atoms with van der Waals surface area (Å²) in [5, 5.41) is 10.9. The Labute approximate surface area is 157 Å². The maximum Gasteiger partial charge on any atom is 0.191 e. The zero-order valence-corrected chi connectivity index (χ0v) is 16.3. The van der Waals surface area contributed by atoms with Gasteiger partial charge in [-0.15, -0.1) is 0 Å². The van der Waals surface area contributed by atoms with Crippen molar-refractivity contribution in [2.45, 2.75) is 53.1 Å². The number of nitrogens with one attached hydrogen (secondary N) is 2. The lowest BCUT2D eigenvalue weighted by molar-refractivity contribution is 0.534. The molecule has 1 aromatic carbocycles. The molecule has 0 aliphatic carbocycles. The van der Waals surface area contributed by atoms with Crippen molar-refractivity contribution in [1.82, 2.24) is 25.4 Å². The molecular formula is C20H32N6. The van der Waals surface area contributed by atoms with Gasteiger partial charge in [0, 0.05) is 13.1 Å². The summed E-state index contributed by atoms with van der Waals surface area (Å²) in [5.74, 6) is 1.67. The van der Waals surface area contributed by atoms with E-state index in [2.05, 4.69) is 65.8 Å². The Bertz CT molecular complexity index is 648. The molecule has 6 nitrogen and oxygen atoms in total. The van der Waals surface area contributed by atoms with E-state index in [0.717, 1.165) is 31.5 Å². The molecule has 0 aliphatic rings. The van der Waals surface area contributed by atoms with Crippen LogP contribution in [0.1, 0.15) is 51.2 Å². The van der Waals surface area contributed by atoms with E-state index >= 15 is 0 Å². The van der Waals surface area contributed by atoms with Gasteiger partial charge in [-0.1, -0.05) is 51.0 Å². The molecule has 0 aliphatic heterocycles. The number of aromatic nitrogens is 3. The van der Waals surface area contributed by atoms with Crippen LogP contribution in [-0.2, 0) is 13.1 Å². The largest absolute Gasteiger partial charge is 0.357 e. The van der Waals surface area contributed by atoms with Gasteiger partial charge in [-0.2, -0.15) is 5.10 Å². The van der Waals surface area contributed by atoms with Crippen molar-refractivity contribution in [1.29, 1.82) is 0 Å². The summed E-state index contributed by atoms with van der Waals surface area (Å²) >= 11 is 0. The summed E-state index contributed by atoms with van der Waals surface area (Å²) in [4.78, 5) is 8.70. The van der Waals surface area contributed by atoms with Gasteiger partial charge < -0.3 is 10.6 Å². The van der Waals surface area contributed by atoms with Gasteiger partial charge in [-0.3, -0.25) is 0 Å². The number of guanidine groups is 1. The highest BCUT2D eigenvalue weighted by molar-refractivity contribution is 5.79. The summed E-state index contributed by atoms with van der Waals surface area (Å²) in [5.41, 5.74) is 2.40. The molecule has 0 saturated carbocycles. The maximum absolute atomic E-state index is 4.71. The lowest BCUT2D eigenvalue weighted by Gasteiger charge is -2.12. The van der Waals surface area contributed by atoms with Crippen LogP contribution in [0.25, 0.3) is 0 Å². The van der Waals surface area contributed by atoms with Gasteiger partial charge >= 0.3 is 0 Å². The molecule has 142 valence electrons. The van der Waals surface area contributed by atoms with Gasteiger partial charge in [0.25, 0.3) is 0 Å². The van der Waals surface area contributed by atoms with E-state index in [1.807, 2.05) is 4.68 Å². The predicted octanol–water partition coefficient (Wildman–Crippen LogP) is 3.21. The minimum Gasteiger partial charge on any atom is -0.357 e. The molecule has 1 aromatic heterocycles. The standard InChI is InChI=1S/C20H32N6/c1-4-22-20(23-11-6-5-8-17(2)3)24-13-18-9-7-10-19(12-18)14-26-16-21-15-25-26/h7,9-10,12,15-17H,4-6,8,11,13-14H2,1-3H3,(H2,22,23,24). The van der Waals surface area contributed by atoms with Gasteiger partial charge in [0.1, 0.15) is 12.7 Å². The van der Waals surface area contributed by atoms with E-state index < -0.39 is 0 Å². The lowest BCUT2D eigenvalue weighted by Crippen LogP contribution is -2.37. The van der Waals surface area contributed by atoms with Crippen LogP contribution in [-0.4, -0.2) is 33.8 Å². The minimum atomic E-state index is 0.659. The van der Waals surface area contributed by atoms with E-state index in [-0.39, 0.29) is 0 Å². The van der Waals surface area contributed by atoms with Crippen LogP contribution < -0.4 is 10.6 Å². The number of rotatable bonds is 10. The van der Waals surface area contributed by atoms with Crippen molar-refractivity contribution < 1.29 is 0 Å². The van der Waals surface area contributed by atoms with Crippen LogP contribution in [0.3, 0.4) is 0 Å². The van der Waals surface area contributed by atoms with Crippen LogP contribution >= 0.6 is 0 Å². The van der Waals surface area contributed by atoms with Crippen LogP contribution in [0.2, 0.25) is 0 Å². The van der Waals surface area contributed by atoms with Crippen molar-refractivity contribution in [3.05, 3.63) is 48.0 Å². The average molecular weight is 357 g/mol. The first-order valence-electron chi connectivity index (χ1n) is 9.59. The lowest BCUT2D eigenvalue weighted by atomic mass is 10.1. The number of benzene rings is 1. The molecule has 0 amide bonds. The predicted molar refractivity (Wildman–Crippen MR) is 107 cm³/mol. The van der Waals surface area contributed by atoms with Gasteiger partial charge in [-0.25, -0.2) is 14.7 Å². The first-order chi connectivity index (χ1) is 12.7. The van der Waals surface area contributed by atoms with Crippen molar-refractivity contribution in [3.8, 4) is 0 Å². The number of hydrogen-bond donors (Lipinski definition) is 2. The highest BCUT2D eigenvalue weighted by atomic mass is 15.3. The Morgan fingerprint density at radius 1 is 1.19 bits per heavy atom. The van der Waals surface area contributed by atoms with E-state index in [4.69, 9.17) is 4.99 Å². The molecule has 6 heteroatoms. The van der Waals surface area contributed by atoms with Crippen molar-refractivity contribution in [2.24, 2.45) is 10.9 Å². The van der Waals surface area contributed by atoms with Crippen LogP contribution in [0.15, 0.2) is 41.9 Å². The SMILES string of the molecule is CCNC(=NCc1cccc(Cn2cncn2)c1)NCCCCC(C)C. The Morgan fingerprint density at radius 2 is 2.04 bits per heavy atom. The molecule has 0 saturated heterocycles. The fourth-order valence-corrected chi connectivity index (χ4v) is 2.72. The highest BCUT2D eigenvalue weighted by Gasteiger charge is 2.01. The zero-order chi connectivity index (χ0) is 18.6. The van der Waals surface area contributed by atoms with Crippen molar-refractivity contribution in [3.63, 3.8) is 0 Å². The normalized spacial score (nSPS) is 11.8. The van der Waals surface area contributed by atoms with E-state index in [0.29, 0.717) is 6.54 Å².